The van der Waals surface area contributed by atoms with E-state index in [4.69, 9.17) is 27.9 Å². The molecule has 0 saturated heterocycles. The van der Waals surface area contributed by atoms with E-state index in [0.29, 0.717) is 17.7 Å². The molecule has 1 aromatic rings. The molecule has 0 saturated carbocycles. The van der Waals surface area contributed by atoms with Gasteiger partial charge in [0.25, 0.3) is 0 Å². The SMILES string of the molecule is CCOCCN(C)S(=O)(=O)c1c(Cl)cc(Br)cc1Cl. The number of rotatable bonds is 6. The zero-order valence-corrected chi connectivity index (χ0v) is 14.4. The molecule has 0 bridgehead atoms. The predicted molar refractivity (Wildman–Crippen MR) is 80.5 cm³/mol. The summed E-state index contributed by atoms with van der Waals surface area (Å²) < 4.78 is 31.7. The summed E-state index contributed by atoms with van der Waals surface area (Å²) in [4.78, 5) is -0.0852. The van der Waals surface area contributed by atoms with Gasteiger partial charge in [-0.3, -0.25) is 0 Å². The summed E-state index contributed by atoms with van der Waals surface area (Å²) in [5, 5.41) is 0.172. The Hall–Kier alpha value is 0.150. The number of halogens is 3. The van der Waals surface area contributed by atoms with E-state index >= 15 is 0 Å². The maximum Gasteiger partial charge on any atom is 0.245 e. The molecule has 0 unspecified atom stereocenters. The maximum absolute atomic E-state index is 12.4. The zero-order chi connectivity index (χ0) is 14.6. The Balaban J connectivity index is 3.07. The van der Waals surface area contributed by atoms with Gasteiger partial charge in [0.2, 0.25) is 10.0 Å². The van der Waals surface area contributed by atoms with Crippen LogP contribution in [0.15, 0.2) is 21.5 Å². The third-order valence-corrected chi connectivity index (χ3v) is 5.62. The van der Waals surface area contributed by atoms with E-state index in [2.05, 4.69) is 15.9 Å². The monoisotopic (exact) mass is 389 g/mol. The quantitative estimate of drug-likeness (QED) is 0.699. The minimum absolute atomic E-state index is 0.0852. The fraction of sp³-hybridized carbons (Fsp3) is 0.455. The molecule has 108 valence electrons. The number of benzene rings is 1. The summed E-state index contributed by atoms with van der Waals surface area (Å²) >= 11 is 15.2. The topological polar surface area (TPSA) is 46.6 Å². The molecule has 8 heteroatoms. The Labute approximate surface area is 131 Å². The highest BCUT2D eigenvalue weighted by Gasteiger charge is 2.26. The first-order chi connectivity index (χ1) is 8.80. The summed E-state index contributed by atoms with van der Waals surface area (Å²) in [6, 6.07) is 2.99. The zero-order valence-electron chi connectivity index (χ0n) is 10.5. The van der Waals surface area contributed by atoms with E-state index in [-0.39, 0.29) is 21.5 Å². The smallest absolute Gasteiger partial charge is 0.245 e. The van der Waals surface area contributed by atoms with Crippen LogP contribution in [0.1, 0.15) is 6.92 Å². The average molecular weight is 391 g/mol. The van der Waals surface area contributed by atoms with E-state index < -0.39 is 10.0 Å². The first-order valence-corrected chi connectivity index (χ1v) is 8.48. The summed E-state index contributed by atoms with van der Waals surface area (Å²) in [7, 11) is -2.27. The Kier molecular flexibility index (Phi) is 6.56. The molecular formula is C11H14BrCl2NO3S. The summed E-state index contributed by atoms with van der Waals surface area (Å²) in [5.74, 6) is 0. The van der Waals surface area contributed by atoms with Gasteiger partial charge < -0.3 is 4.74 Å². The fourth-order valence-corrected chi connectivity index (χ4v) is 4.42. The van der Waals surface area contributed by atoms with Crippen molar-refractivity contribution in [3.63, 3.8) is 0 Å². The molecule has 19 heavy (non-hydrogen) atoms. The van der Waals surface area contributed by atoms with E-state index in [0.717, 1.165) is 0 Å². The van der Waals surface area contributed by atoms with Gasteiger partial charge >= 0.3 is 0 Å². The van der Waals surface area contributed by atoms with Crippen LogP contribution < -0.4 is 0 Å². The lowest BCUT2D eigenvalue weighted by molar-refractivity contribution is 0.138. The number of hydrogen-bond donors (Lipinski definition) is 0. The molecule has 0 atom stereocenters. The maximum atomic E-state index is 12.4. The highest BCUT2D eigenvalue weighted by atomic mass is 79.9. The Bertz CT molecular complexity index is 528. The lowest BCUT2D eigenvalue weighted by Gasteiger charge is -2.18. The molecule has 0 N–H and O–H groups in total. The van der Waals surface area contributed by atoms with Crippen LogP contribution in [-0.4, -0.2) is 39.5 Å². The highest BCUT2D eigenvalue weighted by Crippen LogP contribution is 2.34. The lowest BCUT2D eigenvalue weighted by atomic mass is 10.4. The van der Waals surface area contributed by atoms with Crippen molar-refractivity contribution in [2.24, 2.45) is 0 Å². The Morgan fingerprint density at radius 1 is 1.32 bits per heavy atom. The fourth-order valence-electron chi connectivity index (χ4n) is 1.39. The molecule has 0 aliphatic carbocycles. The molecule has 0 amide bonds. The van der Waals surface area contributed by atoms with Crippen molar-refractivity contribution in [3.05, 3.63) is 26.7 Å². The van der Waals surface area contributed by atoms with Gasteiger partial charge in [0.1, 0.15) is 4.90 Å². The van der Waals surface area contributed by atoms with Crippen LogP contribution in [0.25, 0.3) is 0 Å². The number of hydrogen-bond acceptors (Lipinski definition) is 3. The van der Waals surface area contributed by atoms with Crippen LogP contribution in [0.2, 0.25) is 10.0 Å². The molecule has 1 aromatic carbocycles. The number of sulfonamides is 1. The van der Waals surface area contributed by atoms with Crippen molar-refractivity contribution in [1.82, 2.24) is 4.31 Å². The first-order valence-electron chi connectivity index (χ1n) is 5.49. The third-order valence-electron chi connectivity index (χ3n) is 2.39. The van der Waals surface area contributed by atoms with Crippen molar-refractivity contribution in [2.45, 2.75) is 11.8 Å². The first kappa shape index (κ1) is 17.2. The Morgan fingerprint density at radius 3 is 2.32 bits per heavy atom. The molecule has 0 spiro atoms. The van der Waals surface area contributed by atoms with Gasteiger partial charge in [0.05, 0.1) is 16.7 Å². The lowest BCUT2D eigenvalue weighted by Crippen LogP contribution is -2.30. The van der Waals surface area contributed by atoms with Crippen LogP contribution in [0.3, 0.4) is 0 Å². The van der Waals surface area contributed by atoms with E-state index in [9.17, 15) is 8.42 Å². The van der Waals surface area contributed by atoms with E-state index in [1.54, 1.807) is 0 Å². The van der Waals surface area contributed by atoms with Crippen LogP contribution in [0.4, 0.5) is 0 Å². The van der Waals surface area contributed by atoms with E-state index in [1.165, 1.54) is 23.5 Å². The van der Waals surface area contributed by atoms with Gasteiger partial charge in [0, 0.05) is 24.7 Å². The number of ether oxygens (including phenoxy) is 1. The number of nitrogens with zero attached hydrogens (tertiary/aromatic N) is 1. The molecule has 0 radical (unpaired) electrons. The van der Waals surface area contributed by atoms with Gasteiger partial charge in [-0.05, 0) is 19.1 Å². The predicted octanol–water partition coefficient (Wildman–Crippen LogP) is 3.41. The number of likely N-dealkylation sites (N-methyl/N-ethyl adjacent to an activating group) is 1. The standard InChI is InChI=1S/C11H14BrCl2NO3S/c1-3-18-5-4-15(2)19(16,17)11-9(13)6-8(12)7-10(11)14/h6-7H,3-5H2,1-2H3. The average Bonchev–Trinajstić information content (AvgIpc) is 2.27. The van der Waals surface area contributed by atoms with Crippen molar-refractivity contribution in [3.8, 4) is 0 Å². The second-order valence-electron chi connectivity index (χ2n) is 3.72. The van der Waals surface area contributed by atoms with Crippen molar-refractivity contribution < 1.29 is 13.2 Å². The summed E-state index contributed by atoms with van der Waals surface area (Å²) in [6.07, 6.45) is 0. The molecule has 0 aliphatic heterocycles. The van der Waals surface area contributed by atoms with Crippen LogP contribution in [0, 0.1) is 0 Å². The van der Waals surface area contributed by atoms with E-state index in [1.807, 2.05) is 6.92 Å². The van der Waals surface area contributed by atoms with Gasteiger partial charge in [-0.25, -0.2) is 8.42 Å². The van der Waals surface area contributed by atoms with Gasteiger partial charge in [-0.15, -0.1) is 0 Å². The van der Waals surface area contributed by atoms with Gasteiger partial charge in [-0.2, -0.15) is 4.31 Å². The molecule has 4 nitrogen and oxygen atoms in total. The van der Waals surface area contributed by atoms with Gasteiger partial charge in [-0.1, -0.05) is 39.1 Å². The van der Waals surface area contributed by atoms with Crippen molar-refractivity contribution in [1.29, 1.82) is 0 Å². The normalized spacial score (nSPS) is 12.1. The van der Waals surface area contributed by atoms with Crippen LogP contribution in [0.5, 0.6) is 0 Å². The van der Waals surface area contributed by atoms with Crippen LogP contribution >= 0.6 is 39.1 Å². The summed E-state index contributed by atoms with van der Waals surface area (Å²) in [5.41, 5.74) is 0. The molecule has 1 rings (SSSR count). The molecule has 0 aliphatic rings. The molecule has 0 fully saturated rings. The third kappa shape index (κ3) is 4.31. The summed E-state index contributed by atoms with van der Waals surface area (Å²) in [6.45, 7) is 2.93. The van der Waals surface area contributed by atoms with Gasteiger partial charge in [0.15, 0.2) is 0 Å². The second-order valence-corrected chi connectivity index (χ2v) is 7.43. The molecular weight excluding hydrogens is 377 g/mol. The molecule has 0 heterocycles. The van der Waals surface area contributed by atoms with Crippen LogP contribution in [-0.2, 0) is 14.8 Å². The van der Waals surface area contributed by atoms with Crippen molar-refractivity contribution >= 4 is 49.2 Å². The second kappa shape index (κ2) is 7.24. The highest BCUT2D eigenvalue weighted by molar-refractivity contribution is 9.10. The largest absolute Gasteiger partial charge is 0.380 e. The minimum atomic E-state index is -3.73. The molecule has 0 aromatic heterocycles. The minimum Gasteiger partial charge on any atom is -0.380 e. The van der Waals surface area contributed by atoms with Crippen molar-refractivity contribution in [2.75, 3.05) is 26.8 Å². The Morgan fingerprint density at radius 2 is 1.84 bits per heavy atom.